The molecule has 0 saturated carbocycles. The Morgan fingerprint density at radius 2 is 2.00 bits per heavy atom. The number of aryl methyl sites for hydroxylation is 1. The zero-order valence-electron chi connectivity index (χ0n) is 18.8. The first-order valence-corrected chi connectivity index (χ1v) is 11.6. The maximum atomic E-state index is 13.0. The fraction of sp³-hybridized carbons (Fsp3) is 0.360. The number of nitrogens with zero attached hydrogens (tertiary/aromatic N) is 3. The molecule has 0 spiro atoms. The molecule has 1 aromatic carbocycles. The second kappa shape index (κ2) is 7.95. The maximum Gasteiger partial charge on any atom is 0.255 e. The molecule has 2 fully saturated rings. The van der Waals surface area contributed by atoms with Crippen LogP contribution in [0.5, 0.6) is 5.75 Å². The van der Waals surface area contributed by atoms with Crippen LogP contribution in [0.4, 0.5) is 0 Å². The number of amides is 3. The molecule has 6 rings (SSSR count). The summed E-state index contributed by atoms with van der Waals surface area (Å²) in [6.45, 7) is 2.10. The summed E-state index contributed by atoms with van der Waals surface area (Å²) in [5.74, 6) is -0.0754. The van der Waals surface area contributed by atoms with Gasteiger partial charge in [0.25, 0.3) is 5.91 Å². The summed E-state index contributed by atoms with van der Waals surface area (Å²) in [5, 5.41) is 6.65. The van der Waals surface area contributed by atoms with Crippen LogP contribution in [0, 0.1) is 0 Å². The number of rotatable bonds is 4. The first kappa shape index (κ1) is 20.9. The molecule has 3 aliphatic rings. The van der Waals surface area contributed by atoms with Crippen molar-refractivity contribution in [1.82, 2.24) is 25.1 Å². The average molecular weight is 460 g/mol. The molecule has 0 unspecified atom stereocenters. The number of aromatic nitrogens is 2. The van der Waals surface area contributed by atoms with Gasteiger partial charge in [-0.15, -0.1) is 0 Å². The Balaban J connectivity index is 1.34. The summed E-state index contributed by atoms with van der Waals surface area (Å²) in [7, 11) is 1.96. The van der Waals surface area contributed by atoms with E-state index in [1.165, 1.54) is 0 Å². The van der Waals surface area contributed by atoms with Crippen LogP contribution in [0.2, 0.25) is 0 Å². The molecule has 174 valence electrons. The maximum absolute atomic E-state index is 13.0. The summed E-state index contributed by atoms with van der Waals surface area (Å²) in [6.07, 6.45) is 3.64. The summed E-state index contributed by atoms with van der Waals surface area (Å²) in [4.78, 5) is 43.3. The van der Waals surface area contributed by atoms with Gasteiger partial charge in [0, 0.05) is 49.9 Å². The first-order valence-electron chi connectivity index (χ1n) is 11.6. The first-order chi connectivity index (χ1) is 16.5. The van der Waals surface area contributed by atoms with Gasteiger partial charge in [-0.3, -0.25) is 19.7 Å². The van der Waals surface area contributed by atoms with E-state index < -0.39 is 11.9 Å². The van der Waals surface area contributed by atoms with Crippen LogP contribution in [0.15, 0.2) is 36.5 Å². The largest absolute Gasteiger partial charge is 0.488 e. The Morgan fingerprint density at radius 3 is 2.79 bits per heavy atom. The van der Waals surface area contributed by atoms with Gasteiger partial charge in [-0.05, 0) is 43.1 Å². The lowest BCUT2D eigenvalue weighted by molar-refractivity contribution is -0.136. The number of imide groups is 1. The Bertz CT molecular complexity index is 1340. The molecular formula is C25H25N5O4. The van der Waals surface area contributed by atoms with Crippen LogP contribution in [0.25, 0.3) is 22.3 Å². The number of pyridine rings is 1. The normalized spacial score (nSPS) is 22.4. The van der Waals surface area contributed by atoms with Crippen molar-refractivity contribution in [2.75, 3.05) is 13.1 Å². The van der Waals surface area contributed by atoms with Crippen molar-refractivity contribution < 1.29 is 19.1 Å². The van der Waals surface area contributed by atoms with Crippen LogP contribution < -0.4 is 15.4 Å². The number of piperidine rings is 1. The van der Waals surface area contributed by atoms with Crippen LogP contribution in [0.1, 0.15) is 35.2 Å². The van der Waals surface area contributed by atoms with Crippen molar-refractivity contribution in [3.8, 4) is 17.0 Å². The van der Waals surface area contributed by atoms with Gasteiger partial charge in [-0.25, -0.2) is 4.98 Å². The third-order valence-electron chi connectivity index (χ3n) is 6.93. The zero-order valence-corrected chi connectivity index (χ0v) is 18.8. The van der Waals surface area contributed by atoms with E-state index in [1.807, 2.05) is 42.1 Å². The van der Waals surface area contributed by atoms with Crippen molar-refractivity contribution in [3.63, 3.8) is 0 Å². The predicted octanol–water partition coefficient (Wildman–Crippen LogP) is 1.74. The fourth-order valence-corrected chi connectivity index (χ4v) is 5.09. The molecule has 0 aliphatic carbocycles. The average Bonchev–Trinajstić information content (AvgIpc) is 3.54. The smallest absolute Gasteiger partial charge is 0.255 e. The van der Waals surface area contributed by atoms with Crippen molar-refractivity contribution in [1.29, 1.82) is 0 Å². The van der Waals surface area contributed by atoms with Gasteiger partial charge in [0.2, 0.25) is 11.8 Å². The summed E-state index contributed by atoms with van der Waals surface area (Å²) >= 11 is 0. The monoisotopic (exact) mass is 459 g/mol. The molecule has 2 N–H and O–H groups in total. The van der Waals surface area contributed by atoms with E-state index in [1.54, 1.807) is 11.0 Å². The number of carbonyl (C=O) groups excluding carboxylic acids is 3. The molecule has 3 aliphatic heterocycles. The molecule has 0 bridgehead atoms. The van der Waals surface area contributed by atoms with Gasteiger partial charge in [-0.1, -0.05) is 6.07 Å². The lowest BCUT2D eigenvalue weighted by Gasteiger charge is -2.29. The Kier molecular flexibility index (Phi) is 4.88. The van der Waals surface area contributed by atoms with Gasteiger partial charge in [0.1, 0.15) is 23.5 Å². The lowest BCUT2D eigenvalue weighted by Crippen LogP contribution is -2.52. The van der Waals surface area contributed by atoms with E-state index in [4.69, 9.17) is 9.72 Å². The topological polar surface area (TPSA) is 106 Å². The number of hydrogen-bond acceptors (Lipinski definition) is 6. The number of carbonyl (C=O) groups is 3. The molecule has 3 amide bonds. The molecule has 5 heterocycles. The minimum Gasteiger partial charge on any atom is -0.488 e. The molecule has 9 nitrogen and oxygen atoms in total. The number of nitrogens with one attached hydrogen (secondary N) is 2. The molecule has 2 saturated heterocycles. The lowest BCUT2D eigenvalue weighted by atomic mass is 10.0. The summed E-state index contributed by atoms with van der Waals surface area (Å²) in [6, 6.07) is 9.02. The second-order valence-corrected chi connectivity index (χ2v) is 9.17. The highest BCUT2D eigenvalue weighted by Gasteiger charge is 2.39. The SMILES string of the molecule is Cn1ccc2c(O[C@@H]3CCNC3)cc(-c3ccc4c(c3)CN([C@H]3CCC(=O)NC3=O)C4=O)nc21. The third kappa shape index (κ3) is 3.43. The molecule has 0 radical (unpaired) electrons. The van der Waals surface area contributed by atoms with Crippen molar-refractivity contribution in [3.05, 3.63) is 47.7 Å². The second-order valence-electron chi connectivity index (χ2n) is 9.17. The van der Waals surface area contributed by atoms with E-state index in [9.17, 15) is 14.4 Å². The fourth-order valence-electron chi connectivity index (χ4n) is 5.09. The molecule has 3 aromatic rings. The van der Waals surface area contributed by atoms with E-state index in [-0.39, 0.29) is 24.3 Å². The minimum absolute atomic E-state index is 0.123. The number of ether oxygens (including phenoxy) is 1. The quantitative estimate of drug-likeness (QED) is 0.576. The molecule has 34 heavy (non-hydrogen) atoms. The Hall–Kier alpha value is -3.72. The summed E-state index contributed by atoms with van der Waals surface area (Å²) in [5.41, 5.74) is 3.92. The number of hydrogen-bond donors (Lipinski definition) is 2. The van der Waals surface area contributed by atoms with Gasteiger partial charge in [0.15, 0.2) is 0 Å². The van der Waals surface area contributed by atoms with Crippen LogP contribution >= 0.6 is 0 Å². The van der Waals surface area contributed by atoms with Crippen LogP contribution in [0.3, 0.4) is 0 Å². The zero-order chi connectivity index (χ0) is 23.4. The van der Waals surface area contributed by atoms with Crippen molar-refractivity contribution in [2.24, 2.45) is 7.05 Å². The van der Waals surface area contributed by atoms with Gasteiger partial charge in [0.05, 0.1) is 11.1 Å². The molecule has 9 heteroatoms. The Morgan fingerprint density at radius 1 is 1.12 bits per heavy atom. The molecule has 2 aromatic heterocycles. The minimum atomic E-state index is -0.626. The third-order valence-corrected chi connectivity index (χ3v) is 6.93. The highest BCUT2D eigenvalue weighted by molar-refractivity contribution is 6.05. The molecular weight excluding hydrogens is 434 g/mol. The predicted molar refractivity (Wildman–Crippen MR) is 124 cm³/mol. The van der Waals surface area contributed by atoms with E-state index >= 15 is 0 Å². The highest BCUT2D eigenvalue weighted by Crippen LogP contribution is 2.35. The number of fused-ring (bicyclic) bond motifs is 2. The standard InChI is InChI=1S/C25H25N5O4/c1-29-9-7-18-21(34-16-6-8-26-12-16)11-19(27-23(18)29)14-2-3-17-15(10-14)13-30(25(17)33)20-4-5-22(31)28-24(20)32/h2-3,7,9-11,16,20,26H,4-6,8,12-13H2,1H3,(H,28,31,32)/t16-,20+/m1/s1. The molecule has 2 atom stereocenters. The van der Waals surface area contributed by atoms with Gasteiger partial charge >= 0.3 is 0 Å². The van der Waals surface area contributed by atoms with E-state index in [2.05, 4.69) is 10.6 Å². The number of benzene rings is 1. The van der Waals surface area contributed by atoms with Gasteiger partial charge < -0.3 is 19.5 Å². The van der Waals surface area contributed by atoms with Crippen LogP contribution in [-0.2, 0) is 23.2 Å². The van der Waals surface area contributed by atoms with Gasteiger partial charge in [-0.2, -0.15) is 0 Å². The highest BCUT2D eigenvalue weighted by atomic mass is 16.5. The van der Waals surface area contributed by atoms with E-state index in [0.717, 1.165) is 53.1 Å². The Labute approximate surface area is 196 Å². The van der Waals surface area contributed by atoms with Crippen molar-refractivity contribution >= 4 is 28.8 Å². The van der Waals surface area contributed by atoms with E-state index in [0.29, 0.717) is 18.5 Å². The van der Waals surface area contributed by atoms with Crippen LogP contribution in [-0.4, -0.2) is 57.4 Å². The summed E-state index contributed by atoms with van der Waals surface area (Å²) < 4.78 is 8.31. The van der Waals surface area contributed by atoms with Crippen molar-refractivity contribution in [2.45, 2.75) is 38.0 Å².